The number of nitrogens with two attached hydrogens (primary N) is 1. The van der Waals surface area contributed by atoms with Gasteiger partial charge in [-0.25, -0.2) is 4.98 Å². The maximum absolute atomic E-state index is 6.07. The zero-order valence-electron chi connectivity index (χ0n) is 8.12. The van der Waals surface area contributed by atoms with Crippen molar-refractivity contribution in [2.75, 3.05) is 0 Å². The van der Waals surface area contributed by atoms with Crippen LogP contribution in [0, 0.1) is 0 Å². The first-order valence-corrected chi connectivity index (χ1v) is 6.32. The lowest BCUT2D eigenvalue weighted by molar-refractivity contribution is -0.0591. The molecule has 4 saturated carbocycles. The molecule has 4 fully saturated rings. The minimum atomic E-state index is 0.214. The molecular weight excluding hydrogens is 192 g/mol. The zero-order valence-corrected chi connectivity index (χ0v) is 8.94. The van der Waals surface area contributed by atoms with Crippen molar-refractivity contribution in [1.82, 2.24) is 4.98 Å². The van der Waals surface area contributed by atoms with E-state index in [1.807, 2.05) is 11.3 Å². The predicted molar refractivity (Wildman–Crippen MR) is 56.5 cm³/mol. The van der Waals surface area contributed by atoms with Crippen LogP contribution >= 0.6 is 11.3 Å². The van der Waals surface area contributed by atoms with Gasteiger partial charge in [-0.05, 0) is 32.1 Å². The van der Waals surface area contributed by atoms with Gasteiger partial charge in [0.25, 0.3) is 0 Å². The molecular formula is C11H14N2S. The van der Waals surface area contributed by atoms with Crippen LogP contribution in [0.2, 0.25) is 0 Å². The molecule has 3 heteroatoms. The second-order valence-electron chi connectivity index (χ2n) is 5.52. The third-order valence-electron chi connectivity index (χ3n) is 4.04. The number of thiazole rings is 1. The first-order valence-electron chi connectivity index (χ1n) is 5.44. The van der Waals surface area contributed by atoms with Crippen LogP contribution in [0.25, 0.3) is 0 Å². The Morgan fingerprint density at radius 2 is 2.07 bits per heavy atom. The standard InChI is InChI=1S/C11H14N2S/c12-11-4-10(5-11,6-11)9-13-8(3-14-9)7-1-2-7/h3,7H,1-2,4-6,12H2. The van der Waals surface area contributed by atoms with Crippen molar-refractivity contribution in [3.8, 4) is 0 Å². The Labute approximate surface area is 87.5 Å². The smallest absolute Gasteiger partial charge is 0.0992 e. The summed E-state index contributed by atoms with van der Waals surface area (Å²) in [5, 5.41) is 3.66. The molecule has 1 aromatic rings. The fraction of sp³-hybridized carbons (Fsp3) is 0.727. The fourth-order valence-electron chi connectivity index (χ4n) is 3.19. The zero-order chi connectivity index (χ0) is 9.39. The molecule has 0 amide bonds. The average molecular weight is 206 g/mol. The third kappa shape index (κ3) is 0.829. The summed E-state index contributed by atoms with van der Waals surface area (Å²) in [6.45, 7) is 0. The van der Waals surface area contributed by atoms with Crippen LogP contribution in [0.3, 0.4) is 0 Å². The van der Waals surface area contributed by atoms with Crippen molar-refractivity contribution in [3.63, 3.8) is 0 Å². The van der Waals surface area contributed by atoms with Gasteiger partial charge in [-0.3, -0.25) is 0 Å². The van der Waals surface area contributed by atoms with Crippen LogP contribution < -0.4 is 5.73 Å². The van der Waals surface area contributed by atoms with Crippen molar-refractivity contribution >= 4 is 11.3 Å². The van der Waals surface area contributed by atoms with E-state index in [0.29, 0.717) is 5.41 Å². The first-order chi connectivity index (χ1) is 6.69. The van der Waals surface area contributed by atoms with Gasteiger partial charge in [0, 0.05) is 22.3 Å². The molecule has 74 valence electrons. The Bertz CT molecular complexity index is 385. The SMILES string of the molecule is NC12CC(c3nc(C4CC4)cs3)(C1)C2. The summed E-state index contributed by atoms with van der Waals surface area (Å²) < 4.78 is 0. The topological polar surface area (TPSA) is 38.9 Å². The van der Waals surface area contributed by atoms with E-state index in [9.17, 15) is 0 Å². The van der Waals surface area contributed by atoms with Crippen LogP contribution in [-0.2, 0) is 5.41 Å². The summed E-state index contributed by atoms with van der Waals surface area (Å²) in [4.78, 5) is 4.80. The summed E-state index contributed by atoms with van der Waals surface area (Å²) in [6.07, 6.45) is 6.29. The highest BCUT2D eigenvalue weighted by Crippen LogP contribution is 2.67. The molecule has 0 saturated heterocycles. The van der Waals surface area contributed by atoms with E-state index in [-0.39, 0.29) is 5.54 Å². The van der Waals surface area contributed by atoms with Crippen LogP contribution in [0.1, 0.15) is 48.7 Å². The van der Waals surface area contributed by atoms with Crippen molar-refractivity contribution in [1.29, 1.82) is 0 Å². The van der Waals surface area contributed by atoms with Gasteiger partial charge >= 0.3 is 0 Å². The molecule has 0 radical (unpaired) electrons. The maximum atomic E-state index is 6.07. The molecule has 2 bridgehead atoms. The number of rotatable bonds is 2. The monoisotopic (exact) mass is 206 g/mol. The van der Waals surface area contributed by atoms with E-state index in [1.54, 1.807) is 0 Å². The summed E-state index contributed by atoms with van der Waals surface area (Å²) in [5.74, 6) is 0.805. The Kier molecular flexibility index (Phi) is 1.16. The Morgan fingerprint density at radius 1 is 1.36 bits per heavy atom. The molecule has 2 N–H and O–H groups in total. The summed E-state index contributed by atoms with van der Waals surface area (Å²) in [6, 6.07) is 0. The van der Waals surface area contributed by atoms with E-state index in [2.05, 4.69) is 5.38 Å². The van der Waals surface area contributed by atoms with Crippen molar-refractivity contribution in [2.24, 2.45) is 5.73 Å². The molecule has 1 aromatic heterocycles. The number of nitrogens with zero attached hydrogens (tertiary/aromatic N) is 1. The molecule has 14 heavy (non-hydrogen) atoms. The Hall–Kier alpha value is -0.410. The first kappa shape index (κ1) is 7.83. The van der Waals surface area contributed by atoms with E-state index in [4.69, 9.17) is 10.7 Å². The third-order valence-corrected chi connectivity index (χ3v) is 5.15. The summed E-state index contributed by atoms with van der Waals surface area (Å²) in [5.41, 5.74) is 8.08. The molecule has 0 unspecified atom stereocenters. The van der Waals surface area contributed by atoms with Crippen LogP contribution in [0.5, 0.6) is 0 Å². The molecule has 4 aliphatic carbocycles. The number of hydrogen-bond acceptors (Lipinski definition) is 3. The van der Waals surface area contributed by atoms with Gasteiger partial charge in [-0.15, -0.1) is 11.3 Å². The van der Waals surface area contributed by atoms with Gasteiger partial charge in [-0.2, -0.15) is 0 Å². The number of hydrogen-bond donors (Lipinski definition) is 1. The Balaban J connectivity index is 1.64. The van der Waals surface area contributed by atoms with Gasteiger partial charge < -0.3 is 5.73 Å². The van der Waals surface area contributed by atoms with E-state index < -0.39 is 0 Å². The van der Waals surface area contributed by atoms with E-state index in [1.165, 1.54) is 42.8 Å². The summed E-state index contributed by atoms with van der Waals surface area (Å²) in [7, 11) is 0. The molecule has 0 atom stereocenters. The lowest BCUT2D eigenvalue weighted by Crippen LogP contribution is -2.74. The molecule has 1 heterocycles. The second kappa shape index (κ2) is 2.07. The highest BCUT2D eigenvalue weighted by Gasteiger charge is 2.67. The molecule has 2 nitrogen and oxygen atoms in total. The molecule has 4 aliphatic rings. The number of aromatic nitrogens is 1. The molecule has 0 aliphatic heterocycles. The average Bonchev–Trinajstić information content (AvgIpc) is 2.78. The minimum absolute atomic E-state index is 0.214. The minimum Gasteiger partial charge on any atom is -0.325 e. The normalized spacial score (nSPS) is 44.4. The summed E-state index contributed by atoms with van der Waals surface area (Å²) >= 11 is 1.87. The van der Waals surface area contributed by atoms with Crippen molar-refractivity contribution < 1.29 is 0 Å². The van der Waals surface area contributed by atoms with Gasteiger partial charge in [0.2, 0.25) is 0 Å². The van der Waals surface area contributed by atoms with Crippen molar-refractivity contribution in [2.45, 2.75) is 49.0 Å². The Morgan fingerprint density at radius 3 is 2.64 bits per heavy atom. The van der Waals surface area contributed by atoms with Gasteiger partial charge in [0.15, 0.2) is 0 Å². The van der Waals surface area contributed by atoms with Gasteiger partial charge in [0.1, 0.15) is 0 Å². The van der Waals surface area contributed by atoms with Crippen molar-refractivity contribution in [3.05, 3.63) is 16.1 Å². The predicted octanol–water partition coefficient (Wildman–Crippen LogP) is 2.15. The van der Waals surface area contributed by atoms with Crippen LogP contribution in [-0.4, -0.2) is 10.5 Å². The highest BCUT2D eigenvalue weighted by molar-refractivity contribution is 7.09. The molecule has 0 spiro atoms. The van der Waals surface area contributed by atoms with E-state index >= 15 is 0 Å². The van der Waals surface area contributed by atoms with Gasteiger partial charge in [-0.1, -0.05) is 0 Å². The quantitative estimate of drug-likeness (QED) is 0.805. The highest BCUT2D eigenvalue weighted by atomic mass is 32.1. The van der Waals surface area contributed by atoms with E-state index in [0.717, 1.165) is 5.92 Å². The van der Waals surface area contributed by atoms with Crippen LogP contribution in [0.4, 0.5) is 0 Å². The largest absolute Gasteiger partial charge is 0.325 e. The second-order valence-corrected chi connectivity index (χ2v) is 6.38. The lowest BCUT2D eigenvalue weighted by atomic mass is 9.40. The maximum Gasteiger partial charge on any atom is 0.0992 e. The molecule has 5 rings (SSSR count). The lowest BCUT2D eigenvalue weighted by Gasteiger charge is -2.68. The van der Waals surface area contributed by atoms with Crippen LogP contribution in [0.15, 0.2) is 5.38 Å². The molecule has 0 aromatic carbocycles. The van der Waals surface area contributed by atoms with Gasteiger partial charge in [0.05, 0.1) is 10.7 Å². The fourth-order valence-corrected chi connectivity index (χ4v) is 4.29.